The second kappa shape index (κ2) is 8.55. The number of carbonyl (C=O) groups excluding carboxylic acids is 1. The number of carbonyl (C=O) groups is 1. The van der Waals surface area contributed by atoms with Crippen LogP contribution in [0.3, 0.4) is 0 Å². The second-order valence-electron chi connectivity index (χ2n) is 7.12. The lowest BCUT2D eigenvalue weighted by Gasteiger charge is -2.14. The minimum atomic E-state index is -0.492. The summed E-state index contributed by atoms with van der Waals surface area (Å²) in [6.45, 7) is 2.38. The Labute approximate surface area is 176 Å². The van der Waals surface area contributed by atoms with E-state index in [2.05, 4.69) is 47.5 Å². The molecular formula is C26H20N2O2. The lowest BCUT2D eigenvalue weighted by atomic mass is 9.98. The molecule has 0 bridgehead atoms. The van der Waals surface area contributed by atoms with Gasteiger partial charge in [-0.05, 0) is 46.9 Å². The Morgan fingerprint density at radius 1 is 1.03 bits per heavy atom. The molecule has 0 unspecified atom stereocenters. The van der Waals surface area contributed by atoms with Gasteiger partial charge in [0.05, 0.1) is 18.2 Å². The van der Waals surface area contributed by atoms with Crippen LogP contribution in [0.2, 0.25) is 0 Å². The fourth-order valence-corrected chi connectivity index (χ4v) is 3.73. The van der Waals surface area contributed by atoms with Gasteiger partial charge < -0.3 is 10.1 Å². The third kappa shape index (κ3) is 3.90. The number of amides is 1. The van der Waals surface area contributed by atoms with Crippen LogP contribution in [0.25, 0.3) is 11.1 Å². The lowest BCUT2D eigenvalue weighted by molar-refractivity contribution is 0.144. The van der Waals surface area contributed by atoms with Gasteiger partial charge in [0, 0.05) is 11.5 Å². The monoisotopic (exact) mass is 392 g/mol. The van der Waals surface area contributed by atoms with Crippen molar-refractivity contribution < 1.29 is 9.53 Å². The van der Waals surface area contributed by atoms with Crippen LogP contribution in [0, 0.1) is 30.1 Å². The molecule has 3 aromatic carbocycles. The molecule has 0 radical (unpaired) electrons. The van der Waals surface area contributed by atoms with Gasteiger partial charge in [0.1, 0.15) is 6.61 Å². The van der Waals surface area contributed by atoms with Crippen LogP contribution < -0.4 is 5.32 Å². The largest absolute Gasteiger partial charge is 0.449 e. The van der Waals surface area contributed by atoms with Gasteiger partial charge in [-0.2, -0.15) is 5.26 Å². The fraction of sp³-hybridized carbons (Fsp3) is 0.154. The van der Waals surface area contributed by atoms with Crippen molar-refractivity contribution in [1.29, 1.82) is 5.26 Å². The smallest absolute Gasteiger partial charge is 0.407 e. The highest BCUT2D eigenvalue weighted by Crippen LogP contribution is 2.44. The average Bonchev–Trinajstić information content (AvgIpc) is 3.10. The van der Waals surface area contributed by atoms with Crippen LogP contribution in [-0.4, -0.2) is 19.2 Å². The van der Waals surface area contributed by atoms with Crippen molar-refractivity contribution in [2.24, 2.45) is 0 Å². The van der Waals surface area contributed by atoms with E-state index in [-0.39, 0.29) is 19.1 Å². The summed E-state index contributed by atoms with van der Waals surface area (Å²) in [6, 6.07) is 23.9. The van der Waals surface area contributed by atoms with E-state index in [1.165, 1.54) is 22.3 Å². The standard InChI is InChI=1S/C26H20N2O2/c1-18-12-13-19(16-27)15-20(18)7-6-14-28-26(29)30-17-25-23-10-4-2-8-21(23)22-9-3-5-11-24(22)25/h2-5,8-13,15,25H,14,17H2,1H3,(H,28,29). The Kier molecular flexibility index (Phi) is 5.50. The Balaban J connectivity index is 1.36. The molecular weight excluding hydrogens is 372 g/mol. The van der Waals surface area contributed by atoms with E-state index in [4.69, 9.17) is 10.00 Å². The van der Waals surface area contributed by atoms with E-state index >= 15 is 0 Å². The molecule has 4 heteroatoms. The minimum absolute atomic E-state index is 0.0330. The maximum Gasteiger partial charge on any atom is 0.407 e. The molecule has 146 valence electrons. The first-order valence-corrected chi connectivity index (χ1v) is 9.76. The molecule has 1 N–H and O–H groups in total. The summed E-state index contributed by atoms with van der Waals surface area (Å²) in [6.07, 6.45) is -0.492. The second-order valence-corrected chi connectivity index (χ2v) is 7.12. The van der Waals surface area contributed by atoms with Crippen molar-refractivity contribution in [3.8, 4) is 29.0 Å². The van der Waals surface area contributed by atoms with Gasteiger partial charge in [0.25, 0.3) is 0 Å². The van der Waals surface area contributed by atoms with Crippen LogP contribution in [0.1, 0.15) is 33.7 Å². The van der Waals surface area contributed by atoms with Crippen LogP contribution in [-0.2, 0) is 4.74 Å². The molecule has 4 rings (SSSR count). The van der Waals surface area contributed by atoms with Crippen LogP contribution in [0.15, 0.2) is 66.7 Å². The first-order chi connectivity index (χ1) is 14.7. The quantitative estimate of drug-likeness (QED) is 0.654. The molecule has 0 saturated heterocycles. The van der Waals surface area contributed by atoms with Gasteiger partial charge in [-0.3, -0.25) is 0 Å². The highest BCUT2D eigenvalue weighted by Gasteiger charge is 2.28. The number of rotatable bonds is 3. The number of nitriles is 1. The van der Waals surface area contributed by atoms with Crippen molar-refractivity contribution in [3.05, 3.63) is 94.5 Å². The first kappa shape index (κ1) is 19.3. The van der Waals surface area contributed by atoms with E-state index in [0.717, 1.165) is 11.1 Å². The van der Waals surface area contributed by atoms with Gasteiger partial charge in [0.15, 0.2) is 0 Å². The molecule has 4 nitrogen and oxygen atoms in total. The Morgan fingerprint density at radius 3 is 2.37 bits per heavy atom. The fourth-order valence-electron chi connectivity index (χ4n) is 3.73. The number of nitrogens with one attached hydrogen (secondary N) is 1. The van der Waals surface area contributed by atoms with E-state index in [9.17, 15) is 4.79 Å². The van der Waals surface area contributed by atoms with Gasteiger partial charge >= 0.3 is 6.09 Å². The zero-order chi connectivity index (χ0) is 20.9. The summed E-state index contributed by atoms with van der Waals surface area (Å²) in [5.74, 6) is 5.94. The Bertz CT molecular complexity index is 1170. The summed E-state index contributed by atoms with van der Waals surface area (Å²) in [5.41, 5.74) is 7.09. The molecule has 0 heterocycles. The summed E-state index contributed by atoms with van der Waals surface area (Å²) < 4.78 is 5.49. The van der Waals surface area contributed by atoms with Crippen LogP contribution >= 0.6 is 0 Å². The normalized spacial score (nSPS) is 11.5. The van der Waals surface area contributed by atoms with E-state index in [0.29, 0.717) is 5.56 Å². The number of hydrogen-bond acceptors (Lipinski definition) is 3. The number of fused-ring (bicyclic) bond motifs is 3. The maximum absolute atomic E-state index is 12.2. The molecule has 0 fully saturated rings. The number of benzene rings is 3. The predicted molar refractivity (Wildman–Crippen MR) is 116 cm³/mol. The van der Waals surface area contributed by atoms with Crippen molar-refractivity contribution in [2.45, 2.75) is 12.8 Å². The first-order valence-electron chi connectivity index (χ1n) is 9.76. The van der Waals surface area contributed by atoms with Crippen LogP contribution in [0.4, 0.5) is 4.79 Å². The molecule has 0 spiro atoms. The van der Waals surface area contributed by atoms with E-state index in [1.54, 1.807) is 12.1 Å². The summed E-state index contributed by atoms with van der Waals surface area (Å²) in [5, 5.41) is 11.7. The number of ether oxygens (including phenoxy) is 1. The van der Waals surface area contributed by atoms with Crippen LogP contribution in [0.5, 0.6) is 0 Å². The Hall–Kier alpha value is -4.02. The predicted octanol–water partition coefficient (Wildman–Crippen LogP) is 4.76. The van der Waals surface area contributed by atoms with Gasteiger partial charge in [-0.15, -0.1) is 0 Å². The maximum atomic E-state index is 12.2. The van der Waals surface area contributed by atoms with Crippen molar-refractivity contribution in [1.82, 2.24) is 5.32 Å². The van der Waals surface area contributed by atoms with E-state index < -0.39 is 6.09 Å². The van der Waals surface area contributed by atoms with Crippen molar-refractivity contribution in [3.63, 3.8) is 0 Å². The third-order valence-electron chi connectivity index (χ3n) is 5.25. The molecule has 0 aromatic heterocycles. The van der Waals surface area contributed by atoms with Gasteiger partial charge in [-0.25, -0.2) is 4.79 Å². The minimum Gasteiger partial charge on any atom is -0.449 e. The molecule has 0 atom stereocenters. The van der Waals surface area contributed by atoms with Gasteiger partial charge in [0.2, 0.25) is 0 Å². The zero-order valence-corrected chi connectivity index (χ0v) is 16.6. The Morgan fingerprint density at radius 2 is 1.70 bits per heavy atom. The average molecular weight is 392 g/mol. The molecule has 1 amide bonds. The number of aryl methyl sites for hydroxylation is 1. The lowest BCUT2D eigenvalue weighted by Crippen LogP contribution is -2.26. The molecule has 1 aliphatic carbocycles. The third-order valence-corrected chi connectivity index (χ3v) is 5.25. The topological polar surface area (TPSA) is 62.1 Å². The SMILES string of the molecule is Cc1ccc(C#N)cc1C#CCNC(=O)OCC1c2ccccc2-c2ccccc21. The molecule has 1 aliphatic rings. The molecule has 0 aliphatic heterocycles. The van der Waals surface area contributed by atoms with Crippen molar-refractivity contribution in [2.75, 3.05) is 13.2 Å². The molecule has 0 saturated carbocycles. The van der Waals surface area contributed by atoms with Crippen molar-refractivity contribution >= 4 is 6.09 Å². The molecule has 30 heavy (non-hydrogen) atoms. The highest BCUT2D eigenvalue weighted by atomic mass is 16.5. The number of nitrogens with zero attached hydrogens (tertiary/aromatic N) is 1. The molecule has 3 aromatic rings. The van der Waals surface area contributed by atoms with E-state index in [1.807, 2.05) is 37.3 Å². The summed E-state index contributed by atoms with van der Waals surface area (Å²) in [4.78, 5) is 12.2. The summed E-state index contributed by atoms with van der Waals surface area (Å²) in [7, 11) is 0. The van der Waals surface area contributed by atoms with Gasteiger partial charge in [-0.1, -0.05) is 66.4 Å². The highest BCUT2D eigenvalue weighted by molar-refractivity contribution is 5.79. The zero-order valence-electron chi connectivity index (χ0n) is 16.6. The number of alkyl carbamates (subject to hydrolysis) is 1. The number of hydrogen-bond donors (Lipinski definition) is 1. The summed E-state index contributed by atoms with van der Waals surface area (Å²) >= 11 is 0.